The van der Waals surface area contributed by atoms with Crippen LogP contribution < -0.4 is 4.74 Å². The molecule has 0 unspecified atom stereocenters. The normalized spacial score (nSPS) is 19.4. The van der Waals surface area contributed by atoms with E-state index in [2.05, 4.69) is 31.9 Å². The number of rotatable bonds is 5. The maximum absolute atomic E-state index is 5.65. The standard InChI is InChI=1S/C16H21N5O2/c1-3-22-16-12-8-21(7-6-13(12)17-9-18-16)10(2)15-19-14(20-23-15)11-4-5-11/h9-11H,3-8H2,1-2H3/t10-/m1/s1. The minimum absolute atomic E-state index is 0.0813. The summed E-state index contributed by atoms with van der Waals surface area (Å²) in [7, 11) is 0. The van der Waals surface area contributed by atoms with E-state index in [1.54, 1.807) is 6.33 Å². The van der Waals surface area contributed by atoms with E-state index in [0.717, 1.165) is 36.6 Å². The van der Waals surface area contributed by atoms with Gasteiger partial charge in [-0.2, -0.15) is 4.98 Å². The Morgan fingerprint density at radius 3 is 3.04 bits per heavy atom. The van der Waals surface area contributed by atoms with Crippen molar-refractivity contribution in [1.82, 2.24) is 25.0 Å². The lowest BCUT2D eigenvalue weighted by Crippen LogP contribution is -2.34. The summed E-state index contributed by atoms with van der Waals surface area (Å²) in [5.41, 5.74) is 2.16. The molecule has 7 heteroatoms. The van der Waals surface area contributed by atoms with Gasteiger partial charge in [-0.15, -0.1) is 0 Å². The summed E-state index contributed by atoms with van der Waals surface area (Å²) >= 11 is 0. The minimum Gasteiger partial charge on any atom is -0.478 e. The fourth-order valence-corrected chi connectivity index (χ4v) is 3.01. The predicted molar refractivity (Wildman–Crippen MR) is 82.0 cm³/mol. The van der Waals surface area contributed by atoms with E-state index >= 15 is 0 Å². The third-order valence-corrected chi connectivity index (χ3v) is 4.58. The second kappa shape index (κ2) is 5.88. The van der Waals surface area contributed by atoms with E-state index in [0.29, 0.717) is 24.3 Å². The summed E-state index contributed by atoms with van der Waals surface area (Å²) < 4.78 is 11.1. The smallest absolute Gasteiger partial charge is 0.243 e. The maximum atomic E-state index is 5.65. The number of hydrogen-bond acceptors (Lipinski definition) is 7. The highest BCUT2D eigenvalue weighted by Crippen LogP contribution is 2.39. The average Bonchev–Trinajstić information content (AvgIpc) is 3.32. The molecule has 1 aliphatic carbocycles. The van der Waals surface area contributed by atoms with Crippen LogP contribution in [0.15, 0.2) is 10.9 Å². The van der Waals surface area contributed by atoms with Gasteiger partial charge in [-0.05, 0) is 26.7 Å². The summed E-state index contributed by atoms with van der Waals surface area (Å²) in [5.74, 6) is 2.77. The fourth-order valence-electron chi connectivity index (χ4n) is 3.01. The number of hydrogen-bond donors (Lipinski definition) is 0. The molecular weight excluding hydrogens is 294 g/mol. The molecule has 0 saturated heterocycles. The Morgan fingerprint density at radius 2 is 2.26 bits per heavy atom. The molecule has 0 amide bonds. The largest absolute Gasteiger partial charge is 0.478 e. The van der Waals surface area contributed by atoms with Gasteiger partial charge in [0.2, 0.25) is 11.8 Å². The van der Waals surface area contributed by atoms with Crippen molar-refractivity contribution in [3.63, 3.8) is 0 Å². The Bertz CT molecular complexity index is 698. The lowest BCUT2D eigenvalue weighted by molar-refractivity contribution is 0.153. The third-order valence-electron chi connectivity index (χ3n) is 4.58. The fraction of sp³-hybridized carbons (Fsp3) is 0.625. The Morgan fingerprint density at radius 1 is 1.39 bits per heavy atom. The van der Waals surface area contributed by atoms with Crippen LogP contribution in [-0.2, 0) is 13.0 Å². The molecule has 7 nitrogen and oxygen atoms in total. The molecule has 122 valence electrons. The Hall–Kier alpha value is -2.02. The van der Waals surface area contributed by atoms with Gasteiger partial charge in [-0.25, -0.2) is 9.97 Å². The van der Waals surface area contributed by atoms with Gasteiger partial charge in [0.25, 0.3) is 0 Å². The summed E-state index contributed by atoms with van der Waals surface area (Å²) in [5, 5.41) is 4.12. The van der Waals surface area contributed by atoms with E-state index in [1.807, 2.05) is 6.92 Å². The molecule has 1 saturated carbocycles. The summed E-state index contributed by atoms with van der Waals surface area (Å²) in [4.78, 5) is 15.6. The quantitative estimate of drug-likeness (QED) is 0.837. The van der Waals surface area contributed by atoms with Crippen LogP contribution in [0.1, 0.15) is 61.6 Å². The number of aromatic nitrogens is 4. The maximum Gasteiger partial charge on any atom is 0.243 e. The van der Waals surface area contributed by atoms with Gasteiger partial charge >= 0.3 is 0 Å². The molecule has 4 rings (SSSR count). The Kier molecular flexibility index (Phi) is 3.72. The molecule has 0 spiro atoms. The van der Waals surface area contributed by atoms with Crippen LogP contribution in [0.5, 0.6) is 5.88 Å². The van der Waals surface area contributed by atoms with Crippen molar-refractivity contribution in [3.8, 4) is 5.88 Å². The highest BCUT2D eigenvalue weighted by molar-refractivity contribution is 5.31. The molecule has 23 heavy (non-hydrogen) atoms. The van der Waals surface area contributed by atoms with E-state index in [4.69, 9.17) is 9.26 Å². The van der Waals surface area contributed by atoms with E-state index in [9.17, 15) is 0 Å². The van der Waals surface area contributed by atoms with Gasteiger partial charge in [0, 0.05) is 31.0 Å². The van der Waals surface area contributed by atoms with Gasteiger partial charge < -0.3 is 9.26 Å². The van der Waals surface area contributed by atoms with Gasteiger partial charge in [0.1, 0.15) is 6.33 Å². The summed E-state index contributed by atoms with van der Waals surface area (Å²) in [6.45, 7) is 6.34. The molecule has 1 atom stereocenters. The molecule has 1 aliphatic heterocycles. The van der Waals surface area contributed by atoms with Crippen molar-refractivity contribution < 1.29 is 9.26 Å². The Labute approximate surface area is 135 Å². The molecule has 2 aromatic heterocycles. The highest BCUT2D eigenvalue weighted by Gasteiger charge is 2.32. The van der Waals surface area contributed by atoms with Crippen molar-refractivity contribution in [2.24, 2.45) is 0 Å². The molecule has 0 bridgehead atoms. The van der Waals surface area contributed by atoms with Crippen LogP contribution in [0.3, 0.4) is 0 Å². The number of ether oxygens (including phenoxy) is 1. The lowest BCUT2D eigenvalue weighted by Gasteiger charge is -2.31. The predicted octanol–water partition coefficient (Wildman–Crippen LogP) is 2.25. The Balaban J connectivity index is 1.54. The molecule has 0 aromatic carbocycles. The van der Waals surface area contributed by atoms with Crippen LogP contribution >= 0.6 is 0 Å². The second-order valence-electron chi connectivity index (χ2n) is 6.20. The van der Waals surface area contributed by atoms with Crippen LogP contribution in [0.2, 0.25) is 0 Å². The zero-order valence-electron chi connectivity index (χ0n) is 13.5. The molecule has 2 aliphatic rings. The van der Waals surface area contributed by atoms with Crippen molar-refractivity contribution in [2.75, 3.05) is 13.2 Å². The summed E-state index contributed by atoms with van der Waals surface area (Å²) in [6, 6.07) is 0.0813. The molecular formula is C16H21N5O2. The first-order valence-electron chi connectivity index (χ1n) is 8.29. The van der Waals surface area contributed by atoms with Crippen molar-refractivity contribution in [3.05, 3.63) is 29.3 Å². The first kappa shape index (κ1) is 14.6. The molecule has 1 fully saturated rings. The number of nitrogens with zero attached hydrogens (tertiary/aromatic N) is 5. The van der Waals surface area contributed by atoms with Crippen LogP contribution in [-0.4, -0.2) is 38.2 Å². The topological polar surface area (TPSA) is 77.2 Å². The second-order valence-corrected chi connectivity index (χ2v) is 6.20. The molecule has 3 heterocycles. The van der Waals surface area contributed by atoms with Crippen LogP contribution in [0.25, 0.3) is 0 Å². The van der Waals surface area contributed by atoms with Crippen LogP contribution in [0, 0.1) is 0 Å². The number of fused-ring (bicyclic) bond motifs is 1. The van der Waals surface area contributed by atoms with E-state index in [-0.39, 0.29) is 6.04 Å². The van der Waals surface area contributed by atoms with Crippen molar-refractivity contribution in [1.29, 1.82) is 0 Å². The van der Waals surface area contributed by atoms with Gasteiger partial charge in [0.05, 0.1) is 18.3 Å². The van der Waals surface area contributed by atoms with E-state index in [1.165, 1.54) is 12.8 Å². The van der Waals surface area contributed by atoms with Crippen LogP contribution in [0.4, 0.5) is 0 Å². The molecule has 2 aromatic rings. The van der Waals surface area contributed by atoms with Gasteiger partial charge in [0.15, 0.2) is 5.82 Å². The van der Waals surface area contributed by atoms with E-state index < -0.39 is 0 Å². The monoisotopic (exact) mass is 315 g/mol. The average molecular weight is 315 g/mol. The molecule has 0 radical (unpaired) electrons. The summed E-state index contributed by atoms with van der Waals surface area (Å²) in [6.07, 6.45) is 4.83. The third kappa shape index (κ3) is 2.81. The van der Waals surface area contributed by atoms with Gasteiger partial charge in [-0.1, -0.05) is 5.16 Å². The zero-order chi connectivity index (χ0) is 15.8. The first-order chi connectivity index (χ1) is 11.3. The first-order valence-corrected chi connectivity index (χ1v) is 8.29. The highest BCUT2D eigenvalue weighted by atomic mass is 16.5. The lowest BCUT2D eigenvalue weighted by atomic mass is 10.0. The van der Waals surface area contributed by atoms with Gasteiger partial charge in [-0.3, -0.25) is 4.90 Å². The molecule has 0 N–H and O–H groups in total. The zero-order valence-corrected chi connectivity index (χ0v) is 13.5. The SMILES string of the molecule is CCOc1ncnc2c1CN([C@H](C)c1nc(C3CC3)no1)CC2. The van der Waals surface area contributed by atoms with Crippen molar-refractivity contribution in [2.45, 2.75) is 51.6 Å². The minimum atomic E-state index is 0.0813. The van der Waals surface area contributed by atoms with Crippen molar-refractivity contribution >= 4 is 0 Å².